The summed E-state index contributed by atoms with van der Waals surface area (Å²) in [6.07, 6.45) is 0.864. The number of rotatable bonds is 10. The summed E-state index contributed by atoms with van der Waals surface area (Å²) < 4.78 is 21.5. The van der Waals surface area contributed by atoms with Gasteiger partial charge in [0.1, 0.15) is 5.01 Å². The van der Waals surface area contributed by atoms with E-state index in [0.717, 1.165) is 17.0 Å². The minimum atomic E-state index is -0.474. The summed E-state index contributed by atoms with van der Waals surface area (Å²) in [6.45, 7) is 2.54. The molecule has 2 aromatic carbocycles. The van der Waals surface area contributed by atoms with E-state index in [1.165, 1.54) is 18.4 Å². The fourth-order valence-corrected chi connectivity index (χ4v) is 3.85. The number of hydrogen-bond acceptors (Lipinski definition) is 8. The first-order valence-electron chi connectivity index (χ1n) is 10.6. The predicted octanol–water partition coefficient (Wildman–Crippen LogP) is 3.63. The van der Waals surface area contributed by atoms with Crippen molar-refractivity contribution < 1.29 is 28.5 Å². The van der Waals surface area contributed by atoms with Crippen LogP contribution in [0.25, 0.3) is 10.6 Å². The second-order valence-corrected chi connectivity index (χ2v) is 7.97. The van der Waals surface area contributed by atoms with Gasteiger partial charge in [-0.15, -0.1) is 11.3 Å². The maximum atomic E-state index is 12.4. The molecule has 0 bridgehead atoms. The first kappa shape index (κ1) is 24.8. The highest BCUT2D eigenvalue weighted by molar-refractivity contribution is 7.13. The molecule has 0 aliphatic heterocycles. The number of hydrogen-bond donors (Lipinski definition) is 2. The second kappa shape index (κ2) is 11.9. The average molecular weight is 486 g/mol. The van der Waals surface area contributed by atoms with Crippen LogP contribution in [-0.4, -0.2) is 44.7 Å². The number of hydrazine groups is 1. The van der Waals surface area contributed by atoms with Crippen LogP contribution in [0.3, 0.4) is 0 Å². The predicted molar refractivity (Wildman–Crippen MR) is 129 cm³/mol. The molecule has 0 fully saturated rings. The Kier molecular flexibility index (Phi) is 8.69. The number of ether oxygens (including phenoxy) is 4. The molecule has 10 heteroatoms. The Bertz CT molecular complexity index is 1150. The maximum absolute atomic E-state index is 12.4. The molecule has 0 unspecified atom stereocenters. The zero-order chi connectivity index (χ0) is 24.5. The molecule has 3 aromatic rings. The molecule has 3 rings (SSSR count). The van der Waals surface area contributed by atoms with Gasteiger partial charge in [-0.1, -0.05) is 6.92 Å². The van der Waals surface area contributed by atoms with Crippen LogP contribution in [-0.2, 0) is 11.2 Å². The molecule has 9 nitrogen and oxygen atoms in total. The van der Waals surface area contributed by atoms with Crippen molar-refractivity contribution in [2.24, 2.45) is 0 Å². The Morgan fingerprint density at radius 3 is 2.32 bits per heavy atom. The molecule has 180 valence electrons. The molecule has 0 saturated carbocycles. The van der Waals surface area contributed by atoms with Gasteiger partial charge in [0.15, 0.2) is 23.0 Å². The van der Waals surface area contributed by atoms with Crippen molar-refractivity contribution >= 4 is 23.2 Å². The minimum Gasteiger partial charge on any atom is -0.493 e. The summed E-state index contributed by atoms with van der Waals surface area (Å²) >= 11 is 1.41. The van der Waals surface area contributed by atoms with Crippen molar-refractivity contribution in [2.45, 2.75) is 19.8 Å². The highest BCUT2D eigenvalue weighted by Gasteiger charge is 2.14. The Morgan fingerprint density at radius 2 is 1.62 bits per heavy atom. The zero-order valence-electron chi connectivity index (χ0n) is 19.5. The molecule has 0 spiro atoms. The topological polar surface area (TPSA) is 108 Å². The Balaban J connectivity index is 1.57. The van der Waals surface area contributed by atoms with Crippen molar-refractivity contribution in [3.05, 3.63) is 53.0 Å². The molecule has 0 saturated heterocycles. The number of methoxy groups -OCH3 is 3. The van der Waals surface area contributed by atoms with Crippen LogP contribution in [0.15, 0.2) is 41.8 Å². The van der Waals surface area contributed by atoms with E-state index in [2.05, 4.69) is 15.8 Å². The number of nitrogens with zero attached hydrogens (tertiary/aromatic N) is 1. The molecule has 2 amide bonds. The van der Waals surface area contributed by atoms with Gasteiger partial charge in [0, 0.05) is 16.5 Å². The van der Waals surface area contributed by atoms with Crippen molar-refractivity contribution in [2.75, 3.05) is 27.9 Å². The zero-order valence-corrected chi connectivity index (χ0v) is 20.3. The van der Waals surface area contributed by atoms with Crippen LogP contribution in [0.1, 0.15) is 29.4 Å². The molecule has 0 atom stereocenters. The lowest BCUT2D eigenvalue weighted by molar-refractivity contribution is -0.121. The second-order valence-electron chi connectivity index (χ2n) is 7.11. The van der Waals surface area contributed by atoms with Crippen LogP contribution in [0.4, 0.5) is 0 Å². The number of benzene rings is 2. The fraction of sp³-hybridized carbons (Fsp3) is 0.292. The normalized spacial score (nSPS) is 10.4. The van der Waals surface area contributed by atoms with E-state index in [1.54, 1.807) is 43.9 Å². The molecule has 1 heterocycles. The van der Waals surface area contributed by atoms with E-state index in [4.69, 9.17) is 18.9 Å². The molecular weight excluding hydrogens is 458 g/mol. The van der Waals surface area contributed by atoms with Gasteiger partial charge < -0.3 is 18.9 Å². The van der Waals surface area contributed by atoms with Gasteiger partial charge in [0.2, 0.25) is 5.91 Å². The number of carbonyl (C=O) groups is 2. The highest BCUT2D eigenvalue weighted by Crippen LogP contribution is 2.33. The van der Waals surface area contributed by atoms with Crippen molar-refractivity contribution in [3.63, 3.8) is 0 Å². The third kappa shape index (κ3) is 6.16. The van der Waals surface area contributed by atoms with Gasteiger partial charge in [-0.2, -0.15) is 0 Å². The number of aromatic nitrogens is 1. The third-order valence-corrected chi connectivity index (χ3v) is 5.67. The summed E-state index contributed by atoms with van der Waals surface area (Å²) in [5, 5.41) is 2.54. The molecule has 1 aromatic heterocycles. The van der Waals surface area contributed by atoms with Crippen molar-refractivity contribution in [1.29, 1.82) is 0 Å². The van der Waals surface area contributed by atoms with Crippen molar-refractivity contribution in [3.8, 4) is 33.6 Å². The Hall–Kier alpha value is -3.79. The molecule has 34 heavy (non-hydrogen) atoms. The molecule has 0 aliphatic carbocycles. The first-order chi connectivity index (χ1) is 16.5. The SMILES string of the molecule is CCCOc1ccc(C(=O)NNC(=O)Cc2csc(-c3ccc(OC)c(OC)c3)n2)cc1OC. The van der Waals surface area contributed by atoms with E-state index in [9.17, 15) is 9.59 Å². The van der Waals surface area contributed by atoms with E-state index >= 15 is 0 Å². The number of thiazole rings is 1. The largest absolute Gasteiger partial charge is 0.493 e. The number of carbonyl (C=O) groups excluding carboxylic acids is 2. The average Bonchev–Trinajstić information content (AvgIpc) is 3.33. The standard InChI is InChI=1S/C24H27N3O6S/c1-5-10-33-19-9-6-15(11-21(19)32-4)23(29)27-26-22(28)13-17-14-34-24(25-17)16-7-8-18(30-2)20(12-16)31-3/h6-9,11-12,14H,5,10,13H2,1-4H3,(H,26,28)(H,27,29). The smallest absolute Gasteiger partial charge is 0.269 e. The fourth-order valence-electron chi connectivity index (χ4n) is 3.04. The number of nitrogens with one attached hydrogen (secondary N) is 2. The maximum Gasteiger partial charge on any atom is 0.269 e. The van der Waals surface area contributed by atoms with Crippen LogP contribution < -0.4 is 29.8 Å². The molecule has 0 radical (unpaired) electrons. The van der Waals surface area contributed by atoms with Crippen LogP contribution >= 0.6 is 11.3 Å². The Morgan fingerprint density at radius 1 is 0.912 bits per heavy atom. The van der Waals surface area contributed by atoms with E-state index in [0.29, 0.717) is 40.9 Å². The molecule has 2 N–H and O–H groups in total. The van der Waals surface area contributed by atoms with Gasteiger partial charge in [-0.25, -0.2) is 4.98 Å². The minimum absolute atomic E-state index is 0.0111. The van der Waals surface area contributed by atoms with Gasteiger partial charge in [-0.3, -0.25) is 20.4 Å². The summed E-state index contributed by atoms with van der Waals surface area (Å²) in [4.78, 5) is 29.3. The first-order valence-corrected chi connectivity index (χ1v) is 11.4. The summed E-state index contributed by atoms with van der Waals surface area (Å²) in [7, 11) is 4.64. The van der Waals surface area contributed by atoms with Gasteiger partial charge in [0.25, 0.3) is 5.91 Å². The van der Waals surface area contributed by atoms with Crippen molar-refractivity contribution in [1.82, 2.24) is 15.8 Å². The van der Waals surface area contributed by atoms with Gasteiger partial charge in [0.05, 0.1) is 40.1 Å². The van der Waals surface area contributed by atoms with E-state index < -0.39 is 11.8 Å². The summed E-state index contributed by atoms with van der Waals surface area (Å²) in [5.74, 6) is 1.35. The monoisotopic (exact) mass is 485 g/mol. The lowest BCUT2D eigenvalue weighted by Gasteiger charge is -2.12. The quantitative estimate of drug-likeness (QED) is 0.422. The summed E-state index contributed by atoms with van der Waals surface area (Å²) in [6, 6.07) is 10.3. The van der Waals surface area contributed by atoms with Crippen LogP contribution in [0.2, 0.25) is 0 Å². The van der Waals surface area contributed by atoms with E-state index in [-0.39, 0.29) is 6.42 Å². The lowest BCUT2D eigenvalue weighted by atomic mass is 10.2. The Labute approximate surface area is 202 Å². The van der Waals surface area contributed by atoms with Gasteiger partial charge >= 0.3 is 0 Å². The van der Waals surface area contributed by atoms with Gasteiger partial charge in [-0.05, 0) is 42.8 Å². The summed E-state index contributed by atoms with van der Waals surface area (Å²) in [5.41, 5.74) is 6.58. The molecular formula is C24H27N3O6S. The third-order valence-electron chi connectivity index (χ3n) is 4.73. The van der Waals surface area contributed by atoms with Crippen LogP contribution in [0.5, 0.6) is 23.0 Å². The number of amides is 2. The molecule has 0 aliphatic rings. The van der Waals surface area contributed by atoms with Crippen LogP contribution in [0, 0.1) is 0 Å². The highest BCUT2D eigenvalue weighted by atomic mass is 32.1. The lowest BCUT2D eigenvalue weighted by Crippen LogP contribution is -2.42. The van der Waals surface area contributed by atoms with E-state index in [1.807, 2.05) is 19.1 Å².